The zero-order chi connectivity index (χ0) is 21.4. The average molecular weight is 491 g/mol. The van der Waals surface area contributed by atoms with Crippen molar-refractivity contribution in [2.75, 3.05) is 10.6 Å². The van der Waals surface area contributed by atoms with Gasteiger partial charge in [-0.2, -0.15) is 0 Å². The molecule has 4 aromatic rings. The van der Waals surface area contributed by atoms with Crippen molar-refractivity contribution in [1.82, 2.24) is 0 Å². The molecular formula is C25H19BrN2O2S. The highest BCUT2D eigenvalue weighted by atomic mass is 79.9. The predicted octanol–water partition coefficient (Wildman–Crippen LogP) is 6.66. The van der Waals surface area contributed by atoms with Gasteiger partial charge in [0.2, 0.25) is 0 Å². The number of nitrogens with one attached hydrogen (secondary N) is 2. The predicted molar refractivity (Wildman–Crippen MR) is 130 cm³/mol. The van der Waals surface area contributed by atoms with Gasteiger partial charge < -0.3 is 10.6 Å². The second-order valence-electron chi connectivity index (χ2n) is 7.51. The number of rotatable bonds is 4. The van der Waals surface area contributed by atoms with Gasteiger partial charge in [0, 0.05) is 26.0 Å². The van der Waals surface area contributed by atoms with Crippen molar-refractivity contribution in [3.63, 3.8) is 0 Å². The molecule has 0 fully saturated rings. The highest BCUT2D eigenvalue weighted by Gasteiger charge is 2.28. The number of aryl methyl sites for hydroxylation is 1. The number of halogens is 1. The Morgan fingerprint density at radius 2 is 1.68 bits per heavy atom. The van der Waals surface area contributed by atoms with Crippen LogP contribution in [0.1, 0.15) is 37.6 Å². The second-order valence-corrected chi connectivity index (χ2v) is 9.53. The van der Waals surface area contributed by atoms with E-state index < -0.39 is 0 Å². The lowest BCUT2D eigenvalue weighted by Gasteiger charge is -2.11. The molecule has 0 aliphatic heterocycles. The lowest BCUT2D eigenvalue weighted by atomic mass is 10.1. The van der Waals surface area contributed by atoms with Crippen molar-refractivity contribution in [3.05, 3.63) is 92.8 Å². The molecule has 0 radical (unpaired) electrons. The summed E-state index contributed by atoms with van der Waals surface area (Å²) in [7, 11) is 0. The molecule has 2 N–H and O–H groups in total. The van der Waals surface area contributed by atoms with Gasteiger partial charge >= 0.3 is 0 Å². The zero-order valence-corrected chi connectivity index (χ0v) is 19.0. The van der Waals surface area contributed by atoms with E-state index in [4.69, 9.17) is 0 Å². The summed E-state index contributed by atoms with van der Waals surface area (Å²) in [5.41, 5.74) is 2.97. The van der Waals surface area contributed by atoms with Crippen molar-refractivity contribution in [2.24, 2.45) is 0 Å². The summed E-state index contributed by atoms with van der Waals surface area (Å²) in [6, 6.07) is 21.1. The Bertz CT molecular complexity index is 1320. The van der Waals surface area contributed by atoms with Crippen molar-refractivity contribution in [2.45, 2.75) is 19.3 Å². The largest absolute Gasteiger partial charge is 0.321 e. The zero-order valence-electron chi connectivity index (χ0n) is 16.6. The lowest BCUT2D eigenvalue weighted by molar-refractivity contribution is 0.102. The van der Waals surface area contributed by atoms with Gasteiger partial charge in [0.05, 0.1) is 5.56 Å². The first-order valence-electron chi connectivity index (χ1n) is 10.1. The molecule has 2 amide bonds. The molecule has 1 aliphatic carbocycles. The fraction of sp³-hybridized carbons (Fsp3) is 0.120. The molecule has 0 unspecified atom stereocenters. The topological polar surface area (TPSA) is 58.2 Å². The van der Waals surface area contributed by atoms with Gasteiger partial charge in [-0.15, -0.1) is 11.3 Å². The molecule has 1 heterocycles. The SMILES string of the molecule is O=C(Nc1sc2c(c1C(=O)Nc1cccc3ccccc13)CCC2)c1cccc(Br)c1. The smallest absolute Gasteiger partial charge is 0.258 e. The van der Waals surface area contributed by atoms with Crippen molar-refractivity contribution in [1.29, 1.82) is 0 Å². The molecule has 5 rings (SSSR count). The van der Waals surface area contributed by atoms with Crippen LogP contribution >= 0.6 is 27.3 Å². The van der Waals surface area contributed by atoms with Crippen LogP contribution in [0.2, 0.25) is 0 Å². The third-order valence-electron chi connectivity index (χ3n) is 5.50. The van der Waals surface area contributed by atoms with Crippen LogP contribution in [0.3, 0.4) is 0 Å². The summed E-state index contributed by atoms with van der Waals surface area (Å²) < 4.78 is 0.836. The molecule has 1 aromatic heterocycles. The minimum atomic E-state index is -0.222. The Morgan fingerprint density at radius 3 is 2.55 bits per heavy atom. The molecule has 154 valence electrons. The Morgan fingerprint density at radius 1 is 0.871 bits per heavy atom. The number of hydrogen-bond acceptors (Lipinski definition) is 3. The first kappa shape index (κ1) is 20.0. The van der Waals surface area contributed by atoms with E-state index in [-0.39, 0.29) is 11.8 Å². The lowest BCUT2D eigenvalue weighted by Crippen LogP contribution is -2.18. The number of anilines is 2. The molecule has 0 saturated heterocycles. The molecule has 4 nitrogen and oxygen atoms in total. The van der Waals surface area contributed by atoms with Crippen molar-refractivity contribution in [3.8, 4) is 0 Å². The molecule has 6 heteroatoms. The van der Waals surface area contributed by atoms with E-state index in [0.717, 1.165) is 45.8 Å². The third kappa shape index (κ3) is 3.89. The third-order valence-corrected chi connectivity index (χ3v) is 7.20. The Hall–Kier alpha value is -2.96. The molecule has 0 atom stereocenters. The molecule has 3 aromatic carbocycles. The van der Waals surface area contributed by atoms with Crippen LogP contribution in [0.25, 0.3) is 10.8 Å². The summed E-state index contributed by atoms with van der Waals surface area (Å²) in [4.78, 5) is 27.4. The minimum absolute atomic E-state index is 0.180. The Kier molecular flexibility index (Phi) is 5.34. The van der Waals surface area contributed by atoms with E-state index in [2.05, 4.69) is 26.6 Å². The fourth-order valence-corrected chi connectivity index (χ4v) is 5.74. The Balaban J connectivity index is 1.48. The van der Waals surface area contributed by atoms with E-state index in [1.54, 1.807) is 12.1 Å². The van der Waals surface area contributed by atoms with Gasteiger partial charge in [-0.05, 0) is 54.5 Å². The van der Waals surface area contributed by atoms with Gasteiger partial charge in [-0.1, -0.05) is 58.4 Å². The fourth-order valence-electron chi connectivity index (χ4n) is 4.06. The van der Waals surface area contributed by atoms with Crippen LogP contribution in [-0.2, 0) is 12.8 Å². The normalized spacial score (nSPS) is 12.5. The van der Waals surface area contributed by atoms with E-state index >= 15 is 0 Å². The number of hydrogen-bond donors (Lipinski definition) is 2. The number of thiophene rings is 1. The first-order valence-corrected chi connectivity index (χ1v) is 11.7. The van der Waals surface area contributed by atoms with E-state index in [9.17, 15) is 9.59 Å². The maximum absolute atomic E-state index is 13.4. The summed E-state index contributed by atoms with van der Waals surface area (Å²) >= 11 is 4.92. The monoisotopic (exact) mass is 490 g/mol. The maximum Gasteiger partial charge on any atom is 0.258 e. The molecule has 0 spiro atoms. The number of carbonyl (C=O) groups is 2. The van der Waals surface area contributed by atoms with Crippen LogP contribution in [0.15, 0.2) is 71.2 Å². The van der Waals surface area contributed by atoms with Crippen LogP contribution in [0.5, 0.6) is 0 Å². The van der Waals surface area contributed by atoms with Crippen molar-refractivity contribution >= 4 is 60.5 Å². The van der Waals surface area contributed by atoms with Crippen LogP contribution in [-0.4, -0.2) is 11.8 Å². The molecule has 1 aliphatic rings. The standard InChI is InChI=1S/C25H19BrN2O2S/c26-17-9-3-8-16(14-17)23(29)28-25-22(19-11-5-13-21(19)31-25)24(30)27-20-12-4-7-15-6-1-2-10-18(15)20/h1-4,6-10,12,14H,5,11,13H2,(H,27,30)(H,28,29). The summed E-state index contributed by atoms with van der Waals surface area (Å²) in [5.74, 6) is -0.402. The Labute approximate surface area is 192 Å². The van der Waals surface area contributed by atoms with E-state index in [1.807, 2.05) is 54.6 Å². The summed E-state index contributed by atoms with van der Waals surface area (Å²) in [6.07, 6.45) is 2.84. The van der Waals surface area contributed by atoms with Gasteiger partial charge in [0.15, 0.2) is 0 Å². The number of fused-ring (bicyclic) bond motifs is 2. The van der Waals surface area contributed by atoms with Crippen LogP contribution < -0.4 is 10.6 Å². The van der Waals surface area contributed by atoms with E-state index in [0.29, 0.717) is 16.1 Å². The number of amides is 2. The molecule has 31 heavy (non-hydrogen) atoms. The number of carbonyl (C=O) groups excluding carboxylic acids is 2. The minimum Gasteiger partial charge on any atom is -0.321 e. The van der Waals surface area contributed by atoms with Crippen LogP contribution in [0.4, 0.5) is 10.7 Å². The molecular weight excluding hydrogens is 472 g/mol. The van der Waals surface area contributed by atoms with Crippen LogP contribution in [0, 0.1) is 0 Å². The second kappa shape index (κ2) is 8.29. The highest BCUT2D eigenvalue weighted by molar-refractivity contribution is 9.10. The summed E-state index contributed by atoms with van der Waals surface area (Å²) in [5, 5.41) is 8.75. The van der Waals surface area contributed by atoms with E-state index in [1.165, 1.54) is 16.2 Å². The van der Waals surface area contributed by atoms with Gasteiger partial charge in [-0.3, -0.25) is 9.59 Å². The molecule has 0 bridgehead atoms. The average Bonchev–Trinajstić information content (AvgIpc) is 3.34. The number of benzene rings is 3. The van der Waals surface area contributed by atoms with Crippen molar-refractivity contribution < 1.29 is 9.59 Å². The maximum atomic E-state index is 13.4. The quantitative estimate of drug-likeness (QED) is 0.336. The van der Waals surface area contributed by atoms with Gasteiger partial charge in [0.25, 0.3) is 11.8 Å². The molecule has 0 saturated carbocycles. The first-order chi connectivity index (χ1) is 15.1. The summed E-state index contributed by atoms with van der Waals surface area (Å²) in [6.45, 7) is 0. The highest BCUT2D eigenvalue weighted by Crippen LogP contribution is 2.40. The van der Waals surface area contributed by atoms with Gasteiger partial charge in [-0.25, -0.2) is 0 Å². The van der Waals surface area contributed by atoms with Gasteiger partial charge in [0.1, 0.15) is 5.00 Å².